The Labute approximate surface area is 94.7 Å². The summed E-state index contributed by atoms with van der Waals surface area (Å²) in [6.07, 6.45) is 4.78. The third kappa shape index (κ3) is 3.62. The fourth-order valence-corrected chi connectivity index (χ4v) is 2.32. The van der Waals surface area contributed by atoms with E-state index in [-0.39, 0.29) is 0 Å². The summed E-state index contributed by atoms with van der Waals surface area (Å²) in [4.78, 5) is 2.54. The summed E-state index contributed by atoms with van der Waals surface area (Å²) in [6, 6.07) is 1.40. The molecule has 2 nitrogen and oxygen atoms in total. The molecular weight excluding hydrogens is 184 g/mol. The summed E-state index contributed by atoms with van der Waals surface area (Å²) >= 11 is 0. The standard InChI is InChI=1S/C13H26N2/c1-5-9-15(6-2)13-8-7-12(13)10-14-11(3)4/h5,11-14H,1,6-10H2,2-4H3. The number of likely N-dealkylation sites (N-methyl/N-ethyl adjacent to an activating group) is 1. The maximum Gasteiger partial charge on any atom is 0.0163 e. The second-order valence-electron chi connectivity index (χ2n) is 4.84. The zero-order chi connectivity index (χ0) is 11.3. The molecule has 1 saturated carbocycles. The Morgan fingerprint density at radius 2 is 2.20 bits per heavy atom. The van der Waals surface area contributed by atoms with Crippen molar-refractivity contribution >= 4 is 0 Å². The third-order valence-corrected chi connectivity index (χ3v) is 3.40. The van der Waals surface area contributed by atoms with Crippen LogP contribution in [0.15, 0.2) is 12.7 Å². The van der Waals surface area contributed by atoms with Crippen molar-refractivity contribution < 1.29 is 0 Å². The quantitative estimate of drug-likeness (QED) is 0.649. The smallest absolute Gasteiger partial charge is 0.0163 e. The van der Waals surface area contributed by atoms with Gasteiger partial charge in [-0.05, 0) is 31.8 Å². The molecule has 2 atom stereocenters. The Bertz CT molecular complexity index is 189. The van der Waals surface area contributed by atoms with Gasteiger partial charge in [0.1, 0.15) is 0 Å². The molecule has 15 heavy (non-hydrogen) atoms. The molecule has 1 aliphatic rings. The minimum absolute atomic E-state index is 0.612. The summed E-state index contributed by atoms with van der Waals surface area (Å²) in [7, 11) is 0. The molecular formula is C13H26N2. The highest BCUT2D eigenvalue weighted by atomic mass is 15.2. The lowest BCUT2D eigenvalue weighted by atomic mass is 9.78. The van der Waals surface area contributed by atoms with Gasteiger partial charge in [-0.2, -0.15) is 0 Å². The van der Waals surface area contributed by atoms with E-state index in [0.717, 1.165) is 25.0 Å². The van der Waals surface area contributed by atoms with Gasteiger partial charge in [-0.25, -0.2) is 0 Å². The molecule has 0 radical (unpaired) electrons. The van der Waals surface area contributed by atoms with Crippen LogP contribution in [0.2, 0.25) is 0 Å². The average molecular weight is 210 g/mol. The summed E-state index contributed by atoms with van der Waals surface area (Å²) in [5, 5.41) is 3.55. The average Bonchev–Trinajstić information content (AvgIpc) is 2.15. The van der Waals surface area contributed by atoms with E-state index in [1.165, 1.54) is 19.4 Å². The van der Waals surface area contributed by atoms with Crippen molar-refractivity contribution in [3.05, 3.63) is 12.7 Å². The van der Waals surface area contributed by atoms with E-state index in [9.17, 15) is 0 Å². The molecule has 1 fully saturated rings. The third-order valence-electron chi connectivity index (χ3n) is 3.40. The van der Waals surface area contributed by atoms with Crippen molar-refractivity contribution in [3.8, 4) is 0 Å². The van der Waals surface area contributed by atoms with Crippen LogP contribution in [0, 0.1) is 5.92 Å². The van der Waals surface area contributed by atoms with Crippen molar-refractivity contribution in [2.75, 3.05) is 19.6 Å². The molecule has 0 saturated heterocycles. The second-order valence-corrected chi connectivity index (χ2v) is 4.84. The molecule has 1 rings (SSSR count). The minimum atomic E-state index is 0.612. The first-order valence-electron chi connectivity index (χ1n) is 6.27. The van der Waals surface area contributed by atoms with Crippen molar-refractivity contribution in [3.63, 3.8) is 0 Å². The van der Waals surface area contributed by atoms with Crippen molar-refractivity contribution in [2.45, 2.75) is 45.7 Å². The minimum Gasteiger partial charge on any atom is -0.314 e. The zero-order valence-electron chi connectivity index (χ0n) is 10.5. The number of nitrogens with one attached hydrogen (secondary N) is 1. The van der Waals surface area contributed by atoms with Crippen LogP contribution in [0.1, 0.15) is 33.6 Å². The van der Waals surface area contributed by atoms with Crippen LogP contribution in [0.25, 0.3) is 0 Å². The number of hydrogen-bond acceptors (Lipinski definition) is 2. The van der Waals surface area contributed by atoms with Crippen LogP contribution >= 0.6 is 0 Å². The lowest BCUT2D eigenvalue weighted by Gasteiger charge is -2.44. The Hall–Kier alpha value is -0.340. The molecule has 0 heterocycles. The summed E-state index contributed by atoms with van der Waals surface area (Å²) in [6.45, 7) is 13.9. The van der Waals surface area contributed by atoms with Gasteiger partial charge in [0, 0.05) is 18.6 Å². The zero-order valence-corrected chi connectivity index (χ0v) is 10.5. The van der Waals surface area contributed by atoms with Crippen molar-refractivity contribution in [1.29, 1.82) is 0 Å². The Morgan fingerprint density at radius 1 is 1.47 bits per heavy atom. The lowest BCUT2D eigenvalue weighted by molar-refractivity contribution is 0.0747. The van der Waals surface area contributed by atoms with E-state index >= 15 is 0 Å². The highest BCUT2D eigenvalue weighted by Gasteiger charge is 2.33. The molecule has 0 aromatic heterocycles. The van der Waals surface area contributed by atoms with E-state index in [0.29, 0.717) is 6.04 Å². The number of nitrogens with zero attached hydrogens (tertiary/aromatic N) is 1. The van der Waals surface area contributed by atoms with Gasteiger partial charge in [0.05, 0.1) is 0 Å². The predicted molar refractivity (Wildman–Crippen MR) is 67.1 cm³/mol. The lowest BCUT2D eigenvalue weighted by Crippen LogP contribution is -2.51. The van der Waals surface area contributed by atoms with Crippen LogP contribution in [-0.2, 0) is 0 Å². The van der Waals surface area contributed by atoms with Crippen LogP contribution in [0.5, 0.6) is 0 Å². The molecule has 88 valence electrons. The molecule has 1 N–H and O–H groups in total. The summed E-state index contributed by atoms with van der Waals surface area (Å²) in [5.74, 6) is 0.854. The van der Waals surface area contributed by atoms with Gasteiger partial charge < -0.3 is 5.32 Å². The SMILES string of the molecule is C=CCN(CC)C1CCC1CNC(C)C. The fourth-order valence-electron chi connectivity index (χ4n) is 2.32. The number of rotatable bonds is 7. The predicted octanol–water partition coefficient (Wildman–Crippen LogP) is 2.27. The van der Waals surface area contributed by atoms with E-state index in [1.807, 2.05) is 6.08 Å². The largest absolute Gasteiger partial charge is 0.314 e. The van der Waals surface area contributed by atoms with E-state index in [1.54, 1.807) is 0 Å². The Balaban J connectivity index is 2.32. The number of hydrogen-bond donors (Lipinski definition) is 1. The van der Waals surface area contributed by atoms with Gasteiger partial charge in [-0.3, -0.25) is 4.90 Å². The highest BCUT2D eigenvalue weighted by molar-refractivity contribution is 4.92. The van der Waals surface area contributed by atoms with E-state index < -0.39 is 0 Å². The van der Waals surface area contributed by atoms with Crippen LogP contribution < -0.4 is 5.32 Å². The first-order valence-corrected chi connectivity index (χ1v) is 6.27. The van der Waals surface area contributed by atoms with Crippen molar-refractivity contribution in [2.24, 2.45) is 5.92 Å². The maximum atomic E-state index is 3.83. The van der Waals surface area contributed by atoms with Gasteiger partial charge in [0.2, 0.25) is 0 Å². The topological polar surface area (TPSA) is 15.3 Å². The van der Waals surface area contributed by atoms with Gasteiger partial charge in [-0.1, -0.05) is 26.8 Å². The summed E-state index contributed by atoms with van der Waals surface area (Å²) in [5.41, 5.74) is 0. The molecule has 0 amide bonds. The first kappa shape index (κ1) is 12.7. The van der Waals surface area contributed by atoms with E-state index in [4.69, 9.17) is 0 Å². The van der Waals surface area contributed by atoms with Crippen LogP contribution in [-0.4, -0.2) is 36.6 Å². The highest BCUT2D eigenvalue weighted by Crippen LogP contribution is 2.31. The van der Waals surface area contributed by atoms with Gasteiger partial charge in [0.15, 0.2) is 0 Å². The van der Waals surface area contributed by atoms with Crippen molar-refractivity contribution in [1.82, 2.24) is 10.2 Å². The maximum absolute atomic E-state index is 3.83. The fraction of sp³-hybridized carbons (Fsp3) is 0.846. The van der Waals surface area contributed by atoms with Gasteiger partial charge in [0.25, 0.3) is 0 Å². The molecule has 2 unspecified atom stereocenters. The molecule has 0 spiro atoms. The molecule has 2 heteroatoms. The second kappa shape index (κ2) is 6.29. The van der Waals surface area contributed by atoms with Crippen LogP contribution in [0.3, 0.4) is 0 Å². The molecule has 0 bridgehead atoms. The molecule has 0 aromatic rings. The van der Waals surface area contributed by atoms with Gasteiger partial charge >= 0.3 is 0 Å². The van der Waals surface area contributed by atoms with Crippen LogP contribution in [0.4, 0.5) is 0 Å². The first-order chi connectivity index (χ1) is 7.19. The van der Waals surface area contributed by atoms with Gasteiger partial charge in [-0.15, -0.1) is 6.58 Å². The monoisotopic (exact) mass is 210 g/mol. The molecule has 0 aromatic carbocycles. The Morgan fingerprint density at radius 3 is 2.60 bits per heavy atom. The Kier molecular flexibility index (Phi) is 5.34. The van der Waals surface area contributed by atoms with E-state index in [2.05, 4.69) is 37.6 Å². The molecule has 0 aliphatic heterocycles. The normalized spacial score (nSPS) is 25.7. The summed E-state index contributed by atoms with van der Waals surface area (Å²) < 4.78 is 0. The molecule has 1 aliphatic carbocycles.